The van der Waals surface area contributed by atoms with E-state index in [4.69, 9.17) is 4.42 Å². The number of anilines is 2. The number of fused-ring (bicyclic) bond motifs is 14. The molecule has 1 aliphatic heterocycles. The molecule has 0 unspecified atom stereocenters. The average Bonchev–Trinajstić information content (AvgIpc) is 3.99. The smallest absolute Gasteiger partial charge is 0.198 e. The third-order valence-electron chi connectivity index (χ3n) is 15.0. The van der Waals surface area contributed by atoms with Gasteiger partial charge in [0.25, 0.3) is 0 Å². The van der Waals surface area contributed by atoms with Gasteiger partial charge in [0.15, 0.2) is 7.28 Å². The van der Waals surface area contributed by atoms with Gasteiger partial charge in [-0.1, -0.05) is 134 Å². The summed E-state index contributed by atoms with van der Waals surface area (Å²) in [7, 11) is 0.822. The number of nitrogens with one attached hydrogen (secondary N) is 1. The number of aromatic nitrogens is 1. The standard InChI is InChI=1S/C60H51BN2OS/c1-32-24-43(39-26-42-41-25-34(59(5,6)7)20-23-53(41)65-54(42)30-48(39)62-35-21-18-33(19-22-35)58(2,3)4)56-57-55(32)44-27-40-37-15-11-13-17-51(37)64-52(40)31-49(44)63(57)50-29-46-38(28-47(50)61-56)36-14-10-12-16-45(36)60(46,8)9/h10-31,61-62H,1-9H3. The number of nitrogens with zero attached hydrogens (tertiary/aromatic N) is 1. The molecule has 316 valence electrons. The van der Waals surface area contributed by atoms with Crippen molar-refractivity contribution in [3.05, 3.63) is 161 Å². The van der Waals surface area contributed by atoms with Crippen LogP contribution in [0.4, 0.5) is 11.4 Å². The molecule has 0 saturated carbocycles. The Bertz CT molecular complexity index is 3880. The van der Waals surface area contributed by atoms with E-state index < -0.39 is 0 Å². The highest BCUT2D eigenvalue weighted by molar-refractivity contribution is 7.25. The van der Waals surface area contributed by atoms with E-state index in [2.05, 4.69) is 206 Å². The summed E-state index contributed by atoms with van der Waals surface area (Å²) in [5.74, 6) is 0. The lowest BCUT2D eigenvalue weighted by Crippen LogP contribution is -2.38. The van der Waals surface area contributed by atoms with Crippen molar-refractivity contribution in [1.82, 2.24) is 4.57 Å². The van der Waals surface area contributed by atoms with Crippen molar-refractivity contribution >= 4 is 105 Å². The summed E-state index contributed by atoms with van der Waals surface area (Å²) in [5, 5.41) is 11.5. The van der Waals surface area contributed by atoms with Crippen LogP contribution in [-0.4, -0.2) is 11.8 Å². The number of rotatable bonds is 3. The summed E-state index contributed by atoms with van der Waals surface area (Å²) in [6.45, 7) is 20.9. The highest BCUT2D eigenvalue weighted by Crippen LogP contribution is 2.51. The molecule has 0 atom stereocenters. The van der Waals surface area contributed by atoms with Crippen LogP contribution in [0.1, 0.15) is 83.2 Å². The third-order valence-corrected chi connectivity index (χ3v) is 16.2. The minimum Gasteiger partial charge on any atom is -0.456 e. The molecule has 13 rings (SSSR count). The molecule has 1 aliphatic carbocycles. The predicted octanol–water partition coefficient (Wildman–Crippen LogP) is 15.4. The third kappa shape index (κ3) is 5.55. The largest absolute Gasteiger partial charge is 0.456 e. The van der Waals surface area contributed by atoms with Crippen molar-refractivity contribution < 1.29 is 4.42 Å². The maximum atomic E-state index is 6.64. The first kappa shape index (κ1) is 38.9. The molecular weight excluding hydrogens is 808 g/mol. The molecule has 0 spiro atoms. The fraction of sp³-hybridized carbons (Fsp3) is 0.200. The maximum absolute atomic E-state index is 6.64. The molecule has 0 amide bonds. The van der Waals surface area contributed by atoms with Gasteiger partial charge in [0, 0.05) is 81.3 Å². The monoisotopic (exact) mass is 858 g/mol. The summed E-state index contributed by atoms with van der Waals surface area (Å²) < 4.78 is 11.9. The van der Waals surface area contributed by atoms with Gasteiger partial charge in [-0.3, -0.25) is 0 Å². The fourth-order valence-corrected chi connectivity index (χ4v) is 12.6. The van der Waals surface area contributed by atoms with Gasteiger partial charge in [0.1, 0.15) is 11.2 Å². The number of hydrogen-bond donors (Lipinski definition) is 1. The van der Waals surface area contributed by atoms with E-state index in [-0.39, 0.29) is 16.2 Å². The SMILES string of the molecule is Cc1cc(-c2cc3c(cc2Nc2ccc(C(C)(C)C)cc2)sc2ccc(C(C)(C)C)cc23)c2c3c1c1cc4c(cc1n3-c1cc3c(cc1B2)-c1ccccc1C3(C)C)oc1ccccc14. The Kier molecular flexibility index (Phi) is 7.80. The Hall–Kier alpha value is -6.56. The van der Waals surface area contributed by atoms with Crippen molar-refractivity contribution in [2.75, 3.05) is 5.32 Å². The normalized spacial score (nSPS) is 14.2. The molecule has 0 fully saturated rings. The topological polar surface area (TPSA) is 30.1 Å². The van der Waals surface area contributed by atoms with Crippen LogP contribution in [0.2, 0.25) is 0 Å². The lowest BCUT2D eigenvalue weighted by Gasteiger charge is -2.27. The van der Waals surface area contributed by atoms with Crippen LogP contribution in [0.15, 0.2) is 138 Å². The fourth-order valence-electron chi connectivity index (χ4n) is 11.5. The maximum Gasteiger partial charge on any atom is 0.198 e. The Morgan fingerprint density at radius 3 is 2.12 bits per heavy atom. The van der Waals surface area contributed by atoms with Crippen molar-refractivity contribution in [3.8, 4) is 27.9 Å². The average molecular weight is 859 g/mol. The lowest BCUT2D eigenvalue weighted by molar-refractivity contribution is 0.590. The summed E-state index contributed by atoms with van der Waals surface area (Å²) in [5.41, 5.74) is 22.5. The van der Waals surface area contributed by atoms with Crippen LogP contribution >= 0.6 is 11.3 Å². The predicted molar refractivity (Wildman–Crippen MR) is 282 cm³/mol. The van der Waals surface area contributed by atoms with E-state index in [1.807, 2.05) is 11.3 Å². The molecule has 0 saturated heterocycles. The molecular formula is C60H51BN2OS. The van der Waals surface area contributed by atoms with Gasteiger partial charge in [-0.15, -0.1) is 11.3 Å². The van der Waals surface area contributed by atoms with Gasteiger partial charge in [0.2, 0.25) is 0 Å². The van der Waals surface area contributed by atoms with E-state index in [1.165, 1.54) is 109 Å². The van der Waals surface area contributed by atoms with E-state index in [0.717, 1.165) is 40.6 Å². The highest BCUT2D eigenvalue weighted by atomic mass is 32.1. The zero-order valence-corrected chi connectivity index (χ0v) is 39.5. The molecule has 5 heteroatoms. The number of para-hydroxylation sites is 1. The number of aryl methyl sites for hydroxylation is 1. The highest BCUT2D eigenvalue weighted by Gasteiger charge is 2.38. The molecule has 2 aliphatic rings. The summed E-state index contributed by atoms with van der Waals surface area (Å²) in [4.78, 5) is 0. The van der Waals surface area contributed by atoms with Gasteiger partial charge in [0.05, 0.1) is 5.52 Å². The van der Waals surface area contributed by atoms with Gasteiger partial charge in [-0.25, -0.2) is 0 Å². The first-order valence-electron chi connectivity index (χ1n) is 23.2. The first-order valence-corrected chi connectivity index (χ1v) is 24.0. The second-order valence-corrected chi connectivity index (χ2v) is 22.6. The molecule has 65 heavy (non-hydrogen) atoms. The van der Waals surface area contributed by atoms with Crippen LogP contribution < -0.4 is 16.2 Å². The Labute approximate surface area is 385 Å². The molecule has 11 aromatic rings. The van der Waals surface area contributed by atoms with Crippen LogP contribution in [0.3, 0.4) is 0 Å². The van der Waals surface area contributed by atoms with Crippen molar-refractivity contribution in [2.24, 2.45) is 0 Å². The van der Waals surface area contributed by atoms with Crippen molar-refractivity contribution in [1.29, 1.82) is 0 Å². The Morgan fingerprint density at radius 2 is 1.32 bits per heavy atom. The molecule has 3 nitrogen and oxygen atoms in total. The minimum atomic E-state index is -0.121. The summed E-state index contributed by atoms with van der Waals surface area (Å²) in [6, 6.07) is 50.9. The van der Waals surface area contributed by atoms with Crippen LogP contribution in [0.25, 0.3) is 91.9 Å². The molecule has 3 aromatic heterocycles. The van der Waals surface area contributed by atoms with Gasteiger partial charge in [-0.2, -0.15) is 0 Å². The van der Waals surface area contributed by atoms with E-state index >= 15 is 0 Å². The number of hydrogen-bond acceptors (Lipinski definition) is 3. The molecule has 4 heterocycles. The van der Waals surface area contributed by atoms with Crippen molar-refractivity contribution in [3.63, 3.8) is 0 Å². The summed E-state index contributed by atoms with van der Waals surface area (Å²) >= 11 is 1.89. The van der Waals surface area contributed by atoms with Crippen LogP contribution in [0, 0.1) is 6.92 Å². The number of benzene rings is 8. The van der Waals surface area contributed by atoms with E-state index in [0.29, 0.717) is 0 Å². The zero-order valence-electron chi connectivity index (χ0n) is 38.7. The Balaban J connectivity index is 1.13. The van der Waals surface area contributed by atoms with Gasteiger partial charge in [-0.05, 0) is 122 Å². The molecule has 0 radical (unpaired) electrons. The lowest BCUT2D eigenvalue weighted by atomic mass is 9.58. The van der Waals surface area contributed by atoms with Crippen molar-refractivity contribution in [2.45, 2.75) is 78.6 Å². The quantitative estimate of drug-likeness (QED) is 0.179. The first-order chi connectivity index (χ1) is 31.1. The zero-order chi connectivity index (χ0) is 44.5. The summed E-state index contributed by atoms with van der Waals surface area (Å²) in [6.07, 6.45) is 0. The molecule has 1 N–H and O–H groups in total. The Morgan fingerprint density at radius 1 is 0.585 bits per heavy atom. The molecule has 0 bridgehead atoms. The molecule has 8 aromatic carbocycles. The second-order valence-electron chi connectivity index (χ2n) is 21.5. The minimum absolute atomic E-state index is 0.0440. The van der Waals surface area contributed by atoms with E-state index in [9.17, 15) is 0 Å². The van der Waals surface area contributed by atoms with E-state index in [1.54, 1.807) is 0 Å². The van der Waals surface area contributed by atoms with Gasteiger partial charge >= 0.3 is 0 Å². The van der Waals surface area contributed by atoms with Crippen LogP contribution in [-0.2, 0) is 16.2 Å². The number of furan rings is 1. The second kappa shape index (κ2) is 13.0. The van der Waals surface area contributed by atoms with Gasteiger partial charge < -0.3 is 14.3 Å². The van der Waals surface area contributed by atoms with Crippen LogP contribution in [0.5, 0.6) is 0 Å². The number of thiophene rings is 1.